The van der Waals surface area contributed by atoms with Crippen LogP contribution in [0.4, 0.5) is 0 Å². The zero-order valence-corrected chi connectivity index (χ0v) is 11.1. The molecule has 0 aromatic carbocycles. The van der Waals surface area contributed by atoms with Gasteiger partial charge in [0.2, 0.25) is 0 Å². The van der Waals surface area contributed by atoms with Gasteiger partial charge in [-0.05, 0) is 38.2 Å². The van der Waals surface area contributed by atoms with Crippen LogP contribution in [0.3, 0.4) is 0 Å². The van der Waals surface area contributed by atoms with Gasteiger partial charge in [-0.3, -0.25) is 4.79 Å². The maximum absolute atomic E-state index is 12.1. The second-order valence-electron chi connectivity index (χ2n) is 5.88. The minimum atomic E-state index is -0.435. The van der Waals surface area contributed by atoms with Crippen molar-refractivity contribution < 1.29 is 15.0 Å². The Balaban J connectivity index is 2.45. The summed E-state index contributed by atoms with van der Waals surface area (Å²) in [4.78, 5) is 12.1. The van der Waals surface area contributed by atoms with Gasteiger partial charge in [-0.1, -0.05) is 24.6 Å². The highest BCUT2D eigenvalue weighted by molar-refractivity contribution is 5.95. The minimum absolute atomic E-state index is 0.00583. The molecule has 3 heteroatoms. The second kappa shape index (κ2) is 4.63. The van der Waals surface area contributed by atoms with Gasteiger partial charge in [0.05, 0.1) is 12.7 Å². The predicted molar refractivity (Wildman–Crippen MR) is 69.9 cm³/mol. The molecule has 2 aliphatic carbocycles. The predicted octanol–water partition coefficient (Wildman–Crippen LogP) is 1.85. The lowest BCUT2D eigenvalue weighted by atomic mass is 9.56. The van der Waals surface area contributed by atoms with Crippen LogP contribution in [-0.2, 0) is 4.79 Å². The number of allylic oxidation sites excluding steroid dienone is 2. The van der Waals surface area contributed by atoms with E-state index in [4.69, 9.17) is 0 Å². The molecule has 0 aromatic rings. The van der Waals surface area contributed by atoms with E-state index in [1.807, 2.05) is 13.8 Å². The van der Waals surface area contributed by atoms with Gasteiger partial charge in [-0.15, -0.1) is 0 Å². The Morgan fingerprint density at radius 2 is 2.28 bits per heavy atom. The van der Waals surface area contributed by atoms with Gasteiger partial charge >= 0.3 is 0 Å². The summed E-state index contributed by atoms with van der Waals surface area (Å²) in [6, 6.07) is 0. The van der Waals surface area contributed by atoms with Crippen LogP contribution < -0.4 is 0 Å². The van der Waals surface area contributed by atoms with Crippen molar-refractivity contribution in [2.45, 2.75) is 39.2 Å². The Bertz CT molecular complexity index is 410. The number of hydrogen-bond acceptors (Lipinski definition) is 3. The number of aliphatic hydroxyl groups is 2. The lowest BCUT2D eigenvalue weighted by molar-refractivity contribution is -0.121. The van der Waals surface area contributed by atoms with Crippen LogP contribution in [0.1, 0.15) is 33.1 Å². The number of aliphatic hydroxyl groups excluding tert-OH is 2. The largest absolute Gasteiger partial charge is 0.395 e. The highest BCUT2D eigenvalue weighted by Gasteiger charge is 2.49. The maximum Gasteiger partial charge on any atom is 0.162 e. The van der Waals surface area contributed by atoms with Crippen LogP contribution >= 0.6 is 0 Å². The molecule has 0 saturated heterocycles. The topological polar surface area (TPSA) is 57.5 Å². The third kappa shape index (κ3) is 1.86. The Morgan fingerprint density at radius 1 is 1.61 bits per heavy atom. The average Bonchev–Trinajstić information content (AvgIpc) is 2.34. The van der Waals surface area contributed by atoms with Gasteiger partial charge < -0.3 is 10.2 Å². The molecule has 0 aromatic heterocycles. The van der Waals surface area contributed by atoms with Crippen LogP contribution in [0.15, 0.2) is 23.8 Å². The molecule has 4 atom stereocenters. The van der Waals surface area contributed by atoms with Crippen molar-refractivity contribution in [3.63, 3.8) is 0 Å². The van der Waals surface area contributed by atoms with Crippen LogP contribution in [0, 0.1) is 17.3 Å². The fraction of sp³-hybridized carbons (Fsp3) is 0.667. The van der Waals surface area contributed by atoms with E-state index in [9.17, 15) is 15.0 Å². The number of rotatable bonds is 2. The Kier molecular flexibility index (Phi) is 3.47. The van der Waals surface area contributed by atoms with Crippen LogP contribution in [-0.4, -0.2) is 28.7 Å². The number of fused-ring (bicyclic) bond motifs is 1. The zero-order valence-electron chi connectivity index (χ0n) is 11.1. The van der Waals surface area contributed by atoms with E-state index in [0.717, 1.165) is 11.1 Å². The molecule has 1 saturated carbocycles. The first-order chi connectivity index (χ1) is 8.42. The first-order valence-electron chi connectivity index (χ1n) is 6.61. The van der Waals surface area contributed by atoms with E-state index in [-0.39, 0.29) is 24.2 Å². The molecule has 0 spiro atoms. The summed E-state index contributed by atoms with van der Waals surface area (Å²) in [7, 11) is 0. The van der Waals surface area contributed by atoms with E-state index in [0.29, 0.717) is 19.3 Å². The average molecular weight is 250 g/mol. The smallest absolute Gasteiger partial charge is 0.162 e. The Hall–Kier alpha value is -0.930. The minimum Gasteiger partial charge on any atom is -0.395 e. The van der Waals surface area contributed by atoms with E-state index in [1.165, 1.54) is 0 Å². The summed E-state index contributed by atoms with van der Waals surface area (Å²) in [6.45, 7) is 7.71. The van der Waals surface area contributed by atoms with Crippen molar-refractivity contribution >= 4 is 5.78 Å². The van der Waals surface area contributed by atoms with E-state index >= 15 is 0 Å². The molecular weight excluding hydrogens is 228 g/mol. The zero-order chi connectivity index (χ0) is 13.5. The van der Waals surface area contributed by atoms with Gasteiger partial charge in [0.25, 0.3) is 0 Å². The number of carbonyl (C=O) groups is 1. The van der Waals surface area contributed by atoms with E-state index in [1.54, 1.807) is 6.08 Å². The molecule has 2 aliphatic rings. The first kappa shape index (κ1) is 13.5. The monoisotopic (exact) mass is 250 g/mol. The van der Waals surface area contributed by atoms with Gasteiger partial charge in [-0.25, -0.2) is 0 Å². The van der Waals surface area contributed by atoms with Crippen LogP contribution in [0.5, 0.6) is 0 Å². The highest BCUT2D eigenvalue weighted by atomic mass is 16.3. The SMILES string of the molecule is C=C(C)[C@H]1C[C@@]2(CO)C(=CC1=O)CC[C@@H](O)[C@@H]2C. The fourth-order valence-electron chi connectivity index (χ4n) is 3.46. The summed E-state index contributed by atoms with van der Waals surface area (Å²) < 4.78 is 0. The molecule has 1 fully saturated rings. The lowest BCUT2D eigenvalue weighted by Crippen LogP contribution is -2.49. The molecule has 0 amide bonds. The van der Waals surface area contributed by atoms with Crippen molar-refractivity contribution in [1.82, 2.24) is 0 Å². The quantitative estimate of drug-likeness (QED) is 0.735. The summed E-state index contributed by atoms with van der Waals surface area (Å²) in [5, 5.41) is 19.9. The fourth-order valence-corrected chi connectivity index (χ4v) is 3.46. The molecule has 3 nitrogen and oxygen atoms in total. The van der Waals surface area contributed by atoms with Crippen LogP contribution in [0.25, 0.3) is 0 Å². The van der Waals surface area contributed by atoms with Gasteiger partial charge in [-0.2, -0.15) is 0 Å². The van der Waals surface area contributed by atoms with Crippen molar-refractivity contribution in [1.29, 1.82) is 0 Å². The summed E-state index contributed by atoms with van der Waals surface area (Å²) in [5.41, 5.74) is 1.43. The van der Waals surface area contributed by atoms with Gasteiger partial charge in [0.15, 0.2) is 5.78 Å². The molecule has 0 aliphatic heterocycles. The molecule has 2 rings (SSSR count). The summed E-state index contributed by atoms with van der Waals surface area (Å²) >= 11 is 0. The third-order valence-corrected chi connectivity index (χ3v) is 4.90. The van der Waals surface area contributed by atoms with Crippen molar-refractivity contribution in [2.24, 2.45) is 17.3 Å². The molecule has 0 bridgehead atoms. The molecular formula is C15H22O3. The highest BCUT2D eigenvalue weighted by Crippen LogP contribution is 2.52. The Labute approximate surface area is 108 Å². The standard InChI is InChI=1S/C15H22O3/c1-9(2)12-7-15(8-16)10(3)13(17)5-4-11(15)6-14(12)18/h6,10,12-13,16-17H,1,4-5,7-8H2,2-3H3/t10-,12+,13+,15-/m0/s1. The van der Waals surface area contributed by atoms with Crippen molar-refractivity contribution in [2.75, 3.05) is 6.61 Å². The van der Waals surface area contributed by atoms with E-state index in [2.05, 4.69) is 6.58 Å². The first-order valence-corrected chi connectivity index (χ1v) is 6.61. The summed E-state index contributed by atoms with van der Waals surface area (Å²) in [5.74, 6) is -0.128. The molecule has 0 unspecified atom stereocenters. The van der Waals surface area contributed by atoms with E-state index < -0.39 is 11.5 Å². The number of ketones is 1. The Morgan fingerprint density at radius 3 is 2.83 bits per heavy atom. The van der Waals surface area contributed by atoms with Crippen molar-refractivity contribution in [3.8, 4) is 0 Å². The molecule has 18 heavy (non-hydrogen) atoms. The molecule has 100 valence electrons. The second-order valence-corrected chi connectivity index (χ2v) is 5.88. The number of carbonyl (C=O) groups excluding carboxylic acids is 1. The van der Waals surface area contributed by atoms with Crippen LogP contribution in [0.2, 0.25) is 0 Å². The van der Waals surface area contributed by atoms with Gasteiger partial charge in [0, 0.05) is 11.3 Å². The van der Waals surface area contributed by atoms with Gasteiger partial charge in [0.1, 0.15) is 0 Å². The molecule has 0 radical (unpaired) electrons. The number of hydrogen-bond donors (Lipinski definition) is 2. The van der Waals surface area contributed by atoms with Crippen molar-refractivity contribution in [3.05, 3.63) is 23.8 Å². The summed E-state index contributed by atoms with van der Waals surface area (Å²) in [6.07, 6.45) is 3.28. The lowest BCUT2D eigenvalue weighted by Gasteiger charge is -2.49. The maximum atomic E-state index is 12.1. The molecule has 0 heterocycles. The third-order valence-electron chi connectivity index (χ3n) is 4.90. The molecule has 2 N–H and O–H groups in total. The normalized spacial score (nSPS) is 40.1.